The summed E-state index contributed by atoms with van der Waals surface area (Å²) < 4.78 is 4.59. The summed E-state index contributed by atoms with van der Waals surface area (Å²) in [6, 6.07) is 17.7. The summed E-state index contributed by atoms with van der Waals surface area (Å²) in [5, 5.41) is 11.0. The average molecular weight is 307 g/mol. The number of carbonyl (C=O) groups excluding carboxylic acids is 1. The standard InChI is InChI=1S/C19H17NO3/c1-23-19(22)18(21)11-15(13-7-3-2-4-8-13)16-12-20-17-10-6-5-9-14(16)17/h2-12,15,20-21H,1H3/b18-11-. The first-order chi connectivity index (χ1) is 11.2. The van der Waals surface area contributed by atoms with Crippen LogP contribution in [-0.4, -0.2) is 23.2 Å². The third kappa shape index (κ3) is 2.97. The molecule has 4 nitrogen and oxygen atoms in total. The second-order valence-corrected chi connectivity index (χ2v) is 5.22. The molecular formula is C19H17NO3. The quantitative estimate of drug-likeness (QED) is 0.436. The number of carbonyl (C=O) groups is 1. The molecule has 0 radical (unpaired) electrons. The van der Waals surface area contributed by atoms with Gasteiger partial charge < -0.3 is 14.8 Å². The number of esters is 1. The Bertz CT molecular complexity index is 849. The number of allylic oxidation sites excluding steroid dienone is 1. The molecule has 1 aromatic heterocycles. The lowest BCUT2D eigenvalue weighted by Crippen LogP contribution is -2.07. The number of benzene rings is 2. The molecule has 0 aliphatic heterocycles. The van der Waals surface area contributed by atoms with Gasteiger partial charge in [-0.3, -0.25) is 0 Å². The van der Waals surface area contributed by atoms with E-state index in [1.54, 1.807) is 0 Å². The number of para-hydroxylation sites is 1. The van der Waals surface area contributed by atoms with Crippen molar-refractivity contribution < 1.29 is 14.6 Å². The van der Waals surface area contributed by atoms with Crippen molar-refractivity contribution in [3.05, 3.63) is 83.8 Å². The highest BCUT2D eigenvalue weighted by molar-refractivity contribution is 5.87. The molecule has 1 heterocycles. The number of nitrogens with one attached hydrogen (secondary N) is 1. The Labute approximate surface area is 134 Å². The van der Waals surface area contributed by atoms with E-state index >= 15 is 0 Å². The maximum absolute atomic E-state index is 11.6. The van der Waals surface area contributed by atoms with E-state index in [9.17, 15) is 9.90 Å². The Morgan fingerprint density at radius 3 is 2.57 bits per heavy atom. The molecule has 1 unspecified atom stereocenters. The van der Waals surface area contributed by atoms with Gasteiger partial charge in [0.2, 0.25) is 0 Å². The molecule has 0 aliphatic rings. The number of methoxy groups -OCH3 is 1. The Morgan fingerprint density at radius 2 is 1.83 bits per heavy atom. The lowest BCUT2D eigenvalue weighted by Gasteiger charge is -2.13. The fourth-order valence-corrected chi connectivity index (χ4v) is 2.71. The number of aliphatic hydroxyl groups is 1. The van der Waals surface area contributed by atoms with E-state index in [1.807, 2.05) is 60.8 Å². The molecule has 0 saturated carbocycles. The van der Waals surface area contributed by atoms with Crippen LogP contribution in [0.25, 0.3) is 10.9 Å². The summed E-state index contributed by atoms with van der Waals surface area (Å²) in [6.45, 7) is 0. The van der Waals surface area contributed by atoms with Crippen molar-refractivity contribution in [2.24, 2.45) is 0 Å². The minimum atomic E-state index is -0.745. The largest absolute Gasteiger partial charge is 0.502 e. The maximum atomic E-state index is 11.6. The molecule has 0 spiro atoms. The van der Waals surface area contributed by atoms with E-state index in [4.69, 9.17) is 0 Å². The van der Waals surface area contributed by atoms with Crippen molar-refractivity contribution >= 4 is 16.9 Å². The summed E-state index contributed by atoms with van der Waals surface area (Å²) in [6.07, 6.45) is 3.43. The van der Waals surface area contributed by atoms with Crippen LogP contribution in [0.1, 0.15) is 17.0 Å². The predicted molar refractivity (Wildman–Crippen MR) is 89.3 cm³/mol. The SMILES string of the molecule is COC(=O)/C(O)=C/C(c1ccccc1)c1c[nH]c2ccccc12. The molecule has 2 N–H and O–H groups in total. The van der Waals surface area contributed by atoms with Gasteiger partial charge in [-0.25, -0.2) is 4.79 Å². The van der Waals surface area contributed by atoms with E-state index in [0.717, 1.165) is 22.0 Å². The number of fused-ring (bicyclic) bond motifs is 1. The first-order valence-corrected chi connectivity index (χ1v) is 7.30. The minimum absolute atomic E-state index is 0.258. The molecule has 4 heteroatoms. The first kappa shape index (κ1) is 14.9. The van der Waals surface area contributed by atoms with E-state index in [2.05, 4.69) is 9.72 Å². The van der Waals surface area contributed by atoms with E-state index in [0.29, 0.717) is 0 Å². The van der Waals surface area contributed by atoms with Crippen LogP contribution in [0.4, 0.5) is 0 Å². The molecule has 23 heavy (non-hydrogen) atoms. The number of aromatic amines is 1. The van der Waals surface area contributed by atoms with Gasteiger partial charge >= 0.3 is 5.97 Å². The lowest BCUT2D eigenvalue weighted by atomic mass is 9.90. The zero-order valence-electron chi connectivity index (χ0n) is 12.7. The van der Waals surface area contributed by atoms with Crippen molar-refractivity contribution in [2.75, 3.05) is 7.11 Å². The third-order valence-electron chi connectivity index (χ3n) is 3.83. The topological polar surface area (TPSA) is 62.3 Å². The van der Waals surface area contributed by atoms with Crippen LogP contribution in [-0.2, 0) is 9.53 Å². The molecule has 1 atom stereocenters. The van der Waals surface area contributed by atoms with Gasteiger partial charge in [0, 0.05) is 23.0 Å². The second kappa shape index (κ2) is 6.40. The Morgan fingerprint density at radius 1 is 1.13 bits per heavy atom. The molecule has 2 aromatic carbocycles. The smallest absolute Gasteiger partial charge is 0.372 e. The number of hydrogen-bond acceptors (Lipinski definition) is 3. The van der Waals surface area contributed by atoms with Gasteiger partial charge in [-0.1, -0.05) is 48.5 Å². The zero-order chi connectivity index (χ0) is 16.2. The molecule has 0 fully saturated rings. The van der Waals surface area contributed by atoms with Crippen LogP contribution in [0.2, 0.25) is 0 Å². The first-order valence-electron chi connectivity index (χ1n) is 7.30. The van der Waals surface area contributed by atoms with Crippen molar-refractivity contribution in [1.82, 2.24) is 4.98 Å². The number of H-pyrrole nitrogens is 1. The normalized spacial score (nSPS) is 13.0. The van der Waals surface area contributed by atoms with Gasteiger partial charge in [0.25, 0.3) is 0 Å². The maximum Gasteiger partial charge on any atom is 0.372 e. The van der Waals surface area contributed by atoms with Crippen LogP contribution in [0.5, 0.6) is 0 Å². The Kier molecular flexibility index (Phi) is 4.15. The summed E-state index contributed by atoms with van der Waals surface area (Å²) in [5.74, 6) is -1.40. The van der Waals surface area contributed by atoms with Crippen LogP contribution in [0.3, 0.4) is 0 Å². The van der Waals surface area contributed by atoms with Crippen LogP contribution in [0.15, 0.2) is 72.6 Å². The summed E-state index contributed by atoms with van der Waals surface area (Å²) in [5.41, 5.74) is 2.98. The number of hydrogen-bond donors (Lipinski definition) is 2. The average Bonchev–Trinajstić information content (AvgIpc) is 3.03. The van der Waals surface area contributed by atoms with E-state index < -0.39 is 11.7 Å². The highest BCUT2D eigenvalue weighted by Gasteiger charge is 2.19. The van der Waals surface area contributed by atoms with Gasteiger partial charge in [-0.05, 0) is 23.3 Å². The van der Waals surface area contributed by atoms with Gasteiger partial charge in [-0.15, -0.1) is 0 Å². The summed E-state index contributed by atoms with van der Waals surface area (Å²) in [7, 11) is 1.25. The molecule has 3 rings (SSSR count). The molecule has 0 saturated heterocycles. The number of aliphatic hydroxyl groups excluding tert-OH is 1. The fraction of sp³-hybridized carbons (Fsp3) is 0.105. The highest BCUT2D eigenvalue weighted by Crippen LogP contribution is 2.32. The molecule has 0 amide bonds. The third-order valence-corrected chi connectivity index (χ3v) is 3.83. The Balaban J connectivity index is 2.14. The van der Waals surface area contributed by atoms with Crippen molar-refractivity contribution in [3.8, 4) is 0 Å². The fourth-order valence-electron chi connectivity index (χ4n) is 2.71. The zero-order valence-corrected chi connectivity index (χ0v) is 12.7. The molecule has 116 valence electrons. The van der Waals surface area contributed by atoms with Crippen LogP contribution in [0, 0.1) is 0 Å². The molecule has 0 bridgehead atoms. The Hall–Kier alpha value is -3.01. The van der Waals surface area contributed by atoms with Gasteiger partial charge in [-0.2, -0.15) is 0 Å². The van der Waals surface area contributed by atoms with Crippen LogP contribution >= 0.6 is 0 Å². The number of aromatic nitrogens is 1. The van der Waals surface area contributed by atoms with Gasteiger partial charge in [0.1, 0.15) is 0 Å². The van der Waals surface area contributed by atoms with Crippen molar-refractivity contribution in [3.63, 3.8) is 0 Å². The van der Waals surface area contributed by atoms with Crippen molar-refractivity contribution in [1.29, 1.82) is 0 Å². The second-order valence-electron chi connectivity index (χ2n) is 5.22. The monoisotopic (exact) mass is 307 g/mol. The van der Waals surface area contributed by atoms with E-state index in [1.165, 1.54) is 13.2 Å². The number of rotatable bonds is 4. The van der Waals surface area contributed by atoms with Crippen LogP contribution < -0.4 is 0 Å². The highest BCUT2D eigenvalue weighted by atomic mass is 16.5. The minimum Gasteiger partial charge on any atom is -0.502 e. The summed E-state index contributed by atoms with van der Waals surface area (Å²) in [4.78, 5) is 14.8. The molecule has 3 aromatic rings. The van der Waals surface area contributed by atoms with E-state index in [-0.39, 0.29) is 5.92 Å². The molecular weight excluding hydrogens is 290 g/mol. The predicted octanol–water partition coefficient (Wildman–Crippen LogP) is 3.91. The van der Waals surface area contributed by atoms with Gasteiger partial charge in [0.05, 0.1) is 7.11 Å². The summed E-state index contributed by atoms with van der Waals surface area (Å²) >= 11 is 0. The van der Waals surface area contributed by atoms with Gasteiger partial charge in [0.15, 0.2) is 5.76 Å². The lowest BCUT2D eigenvalue weighted by molar-refractivity contribution is -0.139. The number of ether oxygens (including phenoxy) is 1. The molecule has 0 aliphatic carbocycles. The van der Waals surface area contributed by atoms with Crippen molar-refractivity contribution in [2.45, 2.75) is 5.92 Å².